The molecule has 1 rings (SSSR count). The fourth-order valence-electron chi connectivity index (χ4n) is 2.22. The topological polar surface area (TPSA) is 21.3 Å². The van der Waals surface area contributed by atoms with E-state index in [9.17, 15) is 0 Å². The molecule has 0 fully saturated rings. The Morgan fingerprint density at radius 3 is 2.57 bits per heavy atom. The van der Waals surface area contributed by atoms with E-state index in [2.05, 4.69) is 64.2 Å². The summed E-state index contributed by atoms with van der Waals surface area (Å²) < 4.78 is 6.00. The first kappa shape index (κ1) is 18.0. The van der Waals surface area contributed by atoms with Gasteiger partial charge >= 0.3 is 0 Å². The monoisotopic (exact) mass is 291 g/mol. The zero-order valence-electron chi connectivity index (χ0n) is 14.5. The Bertz CT molecular complexity index is 395. The van der Waals surface area contributed by atoms with E-state index in [0.29, 0.717) is 5.92 Å². The van der Waals surface area contributed by atoms with Crippen molar-refractivity contribution in [2.24, 2.45) is 5.92 Å². The molecule has 0 aliphatic carbocycles. The van der Waals surface area contributed by atoms with Crippen LogP contribution in [0, 0.1) is 5.92 Å². The molecule has 0 amide bonds. The van der Waals surface area contributed by atoms with E-state index >= 15 is 0 Å². The number of hydrogen-bond donors (Lipinski definition) is 1. The normalized spacial score (nSPS) is 13.2. The molecule has 1 atom stereocenters. The Balaban J connectivity index is 2.48. The van der Waals surface area contributed by atoms with E-state index in [1.807, 2.05) is 0 Å². The highest BCUT2D eigenvalue weighted by Crippen LogP contribution is 2.18. The fourth-order valence-corrected chi connectivity index (χ4v) is 2.22. The van der Waals surface area contributed by atoms with E-state index in [4.69, 9.17) is 4.74 Å². The summed E-state index contributed by atoms with van der Waals surface area (Å²) in [6, 6.07) is 8.46. The van der Waals surface area contributed by atoms with Crippen LogP contribution in [0.4, 0.5) is 0 Å². The zero-order chi connectivity index (χ0) is 15.7. The second kappa shape index (κ2) is 9.09. The third-order valence-electron chi connectivity index (χ3n) is 3.75. The quantitative estimate of drug-likeness (QED) is 0.677. The van der Waals surface area contributed by atoms with Crippen LogP contribution in [0.1, 0.15) is 65.9 Å². The van der Waals surface area contributed by atoms with Gasteiger partial charge in [-0.05, 0) is 50.8 Å². The van der Waals surface area contributed by atoms with Gasteiger partial charge in [-0.1, -0.05) is 45.2 Å². The van der Waals surface area contributed by atoms with Gasteiger partial charge in [-0.2, -0.15) is 0 Å². The molecule has 0 aliphatic rings. The van der Waals surface area contributed by atoms with Gasteiger partial charge in [-0.25, -0.2) is 0 Å². The summed E-state index contributed by atoms with van der Waals surface area (Å²) in [5, 5.41) is 3.51. The smallest absolute Gasteiger partial charge is 0.119 e. The Kier molecular flexibility index (Phi) is 7.81. The average Bonchev–Trinajstić information content (AvgIpc) is 2.45. The lowest BCUT2D eigenvalue weighted by Gasteiger charge is -2.21. The lowest BCUT2D eigenvalue weighted by atomic mass is 10.0. The summed E-state index contributed by atoms with van der Waals surface area (Å²) >= 11 is 0. The molecular weight excluding hydrogens is 258 g/mol. The summed E-state index contributed by atoms with van der Waals surface area (Å²) in [4.78, 5) is 0. The van der Waals surface area contributed by atoms with Crippen molar-refractivity contribution in [3.05, 3.63) is 29.8 Å². The number of unbranched alkanes of at least 4 members (excludes halogenated alkanes) is 1. The number of nitrogens with one attached hydrogen (secondary N) is 1. The molecule has 2 nitrogen and oxygen atoms in total. The van der Waals surface area contributed by atoms with Gasteiger partial charge in [0.15, 0.2) is 0 Å². The summed E-state index contributed by atoms with van der Waals surface area (Å²) in [5.41, 5.74) is 1.42. The first-order valence-electron chi connectivity index (χ1n) is 8.41. The van der Waals surface area contributed by atoms with Gasteiger partial charge < -0.3 is 10.1 Å². The molecule has 120 valence electrons. The second-order valence-corrected chi connectivity index (χ2v) is 6.98. The predicted octanol–water partition coefficient (Wildman–Crippen LogP) is 5.17. The van der Waals surface area contributed by atoms with Gasteiger partial charge in [0.05, 0.1) is 6.61 Å². The molecule has 0 bridgehead atoms. The Morgan fingerprint density at radius 2 is 1.95 bits per heavy atom. The Morgan fingerprint density at radius 1 is 1.19 bits per heavy atom. The van der Waals surface area contributed by atoms with E-state index < -0.39 is 0 Å². The van der Waals surface area contributed by atoms with E-state index in [1.54, 1.807) is 0 Å². The van der Waals surface area contributed by atoms with Crippen molar-refractivity contribution in [1.82, 2.24) is 5.32 Å². The summed E-state index contributed by atoms with van der Waals surface area (Å²) in [6.45, 7) is 12.8. The summed E-state index contributed by atoms with van der Waals surface area (Å²) in [5.74, 6) is 1.68. The van der Waals surface area contributed by atoms with Gasteiger partial charge in [0.2, 0.25) is 0 Å². The molecule has 1 aromatic carbocycles. The van der Waals surface area contributed by atoms with E-state index in [0.717, 1.165) is 18.9 Å². The first-order valence-corrected chi connectivity index (χ1v) is 8.41. The number of rotatable bonds is 9. The Labute approximate surface area is 131 Å². The molecule has 0 saturated heterocycles. The minimum absolute atomic E-state index is 0.143. The van der Waals surface area contributed by atoms with Crippen molar-refractivity contribution in [3.63, 3.8) is 0 Å². The highest BCUT2D eigenvalue weighted by Gasteiger charge is 2.09. The summed E-state index contributed by atoms with van der Waals surface area (Å²) in [7, 11) is 0. The first-order chi connectivity index (χ1) is 9.94. The number of hydrogen-bond acceptors (Lipinski definition) is 2. The van der Waals surface area contributed by atoms with Crippen molar-refractivity contribution in [2.45, 2.75) is 72.4 Å². The minimum atomic E-state index is 0.143. The van der Waals surface area contributed by atoms with Crippen LogP contribution in [0.25, 0.3) is 0 Å². The highest BCUT2D eigenvalue weighted by molar-refractivity contribution is 5.28. The average molecular weight is 291 g/mol. The maximum atomic E-state index is 6.00. The van der Waals surface area contributed by atoms with Gasteiger partial charge in [-0.3, -0.25) is 0 Å². The van der Waals surface area contributed by atoms with Crippen LogP contribution in [0.2, 0.25) is 0 Å². The zero-order valence-corrected chi connectivity index (χ0v) is 14.5. The maximum Gasteiger partial charge on any atom is 0.119 e. The van der Waals surface area contributed by atoms with Crippen molar-refractivity contribution in [1.29, 1.82) is 0 Å². The van der Waals surface area contributed by atoms with E-state index in [1.165, 1.54) is 31.2 Å². The van der Waals surface area contributed by atoms with Gasteiger partial charge in [0, 0.05) is 12.1 Å². The SMILES string of the molecule is CCCCC(CC)COc1cccc(CNC(C)(C)C)c1. The third kappa shape index (κ3) is 8.11. The molecule has 1 aromatic rings. The van der Waals surface area contributed by atoms with Crippen LogP contribution in [0.15, 0.2) is 24.3 Å². The lowest BCUT2D eigenvalue weighted by Crippen LogP contribution is -2.35. The third-order valence-corrected chi connectivity index (χ3v) is 3.75. The summed E-state index contributed by atoms with van der Waals surface area (Å²) in [6.07, 6.45) is 5.05. The second-order valence-electron chi connectivity index (χ2n) is 6.98. The van der Waals surface area contributed by atoms with Crippen LogP contribution in [0.3, 0.4) is 0 Å². The van der Waals surface area contributed by atoms with Gasteiger partial charge in [0.25, 0.3) is 0 Å². The fraction of sp³-hybridized carbons (Fsp3) is 0.684. The molecular formula is C19H33NO. The van der Waals surface area contributed by atoms with Crippen LogP contribution in [0.5, 0.6) is 5.75 Å². The van der Waals surface area contributed by atoms with Gasteiger partial charge in [0.1, 0.15) is 5.75 Å². The van der Waals surface area contributed by atoms with Crippen molar-refractivity contribution in [2.75, 3.05) is 6.61 Å². The molecule has 0 saturated carbocycles. The maximum absolute atomic E-state index is 6.00. The largest absolute Gasteiger partial charge is 0.493 e. The van der Waals surface area contributed by atoms with Crippen molar-refractivity contribution >= 4 is 0 Å². The van der Waals surface area contributed by atoms with Crippen LogP contribution < -0.4 is 10.1 Å². The standard InChI is InChI=1S/C19H33NO/c1-6-8-10-16(7-2)15-21-18-12-9-11-17(13-18)14-20-19(3,4)5/h9,11-13,16,20H,6-8,10,14-15H2,1-5H3. The van der Waals surface area contributed by atoms with E-state index in [-0.39, 0.29) is 5.54 Å². The van der Waals surface area contributed by atoms with Crippen molar-refractivity contribution < 1.29 is 4.74 Å². The van der Waals surface area contributed by atoms with Gasteiger partial charge in [-0.15, -0.1) is 0 Å². The molecule has 2 heteroatoms. The van der Waals surface area contributed by atoms with Crippen molar-refractivity contribution in [3.8, 4) is 5.75 Å². The molecule has 0 radical (unpaired) electrons. The number of benzene rings is 1. The molecule has 0 spiro atoms. The molecule has 0 aliphatic heterocycles. The molecule has 0 heterocycles. The minimum Gasteiger partial charge on any atom is -0.493 e. The van der Waals surface area contributed by atoms with Crippen LogP contribution >= 0.6 is 0 Å². The molecule has 21 heavy (non-hydrogen) atoms. The molecule has 1 N–H and O–H groups in total. The van der Waals surface area contributed by atoms with Crippen LogP contribution in [-0.2, 0) is 6.54 Å². The predicted molar refractivity (Wildman–Crippen MR) is 91.8 cm³/mol. The Hall–Kier alpha value is -1.02. The lowest BCUT2D eigenvalue weighted by molar-refractivity contribution is 0.233. The highest BCUT2D eigenvalue weighted by atomic mass is 16.5. The number of ether oxygens (including phenoxy) is 1. The van der Waals surface area contributed by atoms with Crippen LogP contribution in [-0.4, -0.2) is 12.1 Å². The molecule has 0 aromatic heterocycles. The molecule has 1 unspecified atom stereocenters.